The monoisotopic (exact) mass is 250 g/mol. The summed E-state index contributed by atoms with van der Waals surface area (Å²) in [7, 11) is 0. The van der Waals surface area contributed by atoms with E-state index in [2.05, 4.69) is 15.4 Å². The first-order valence-electron chi connectivity index (χ1n) is 5.36. The Bertz CT molecular complexity index is 491. The number of carbonyl (C=O) groups is 1. The molecular formula is C11H14N4OS. The average Bonchev–Trinajstić information content (AvgIpc) is 2.89. The first kappa shape index (κ1) is 11.8. The van der Waals surface area contributed by atoms with Gasteiger partial charge in [-0.05, 0) is 19.9 Å². The van der Waals surface area contributed by atoms with Crippen LogP contribution in [0.25, 0.3) is 0 Å². The van der Waals surface area contributed by atoms with Gasteiger partial charge in [0.2, 0.25) is 5.91 Å². The predicted octanol–water partition coefficient (Wildman–Crippen LogP) is 2.24. The van der Waals surface area contributed by atoms with Crippen molar-refractivity contribution in [1.29, 1.82) is 0 Å². The van der Waals surface area contributed by atoms with Gasteiger partial charge < -0.3 is 5.32 Å². The second-order valence-electron chi connectivity index (χ2n) is 3.88. The number of nitrogens with zero attached hydrogens (tertiary/aromatic N) is 3. The highest BCUT2D eigenvalue weighted by Crippen LogP contribution is 2.14. The Morgan fingerprint density at radius 2 is 2.47 bits per heavy atom. The van der Waals surface area contributed by atoms with Gasteiger partial charge in [0.05, 0.1) is 11.7 Å². The van der Waals surface area contributed by atoms with Crippen molar-refractivity contribution >= 4 is 22.4 Å². The van der Waals surface area contributed by atoms with Crippen LogP contribution in [-0.2, 0) is 4.79 Å². The molecule has 1 atom stereocenters. The van der Waals surface area contributed by atoms with Gasteiger partial charge in [0.25, 0.3) is 0 Å². The lowest BCUT2D eigenvalue weighted by atomic mass is 10.2. The summed E-state index contributed by atoms with van der Waals surface area (Å²) >= 11 is 1.41. The first-order chi connectivity index (χ1) is 8.15. The molecule has 2 aromatic rings. The quantitative estimate of drug-likeness (QED) is 0.905. The highest BCUT2D eigenvalue weighted by Gasteiger charge is 2.12. The smallest absolute Gasteiger partial charge is 0.228 e. The minimum atomic E-state index is -0.0411. The number of amides is 1. The second kappa shape index (κ2) is 5.09. The zero-order valence-corrected chi connectivity index (χ0v) is 10.6. The summed E-state index contributed by atoms with van der Waals surface area (Å²) < 4.78 is 1.80. The van der Waals surface area contributed by atoms with Gasteiger partial charge in [0.1, 0.15) is 0 Å². The fraction of sp³-hybridized carbons (Fsp3) is 0.364. The Morgan fingerprint density at radius 1 is 1.65 bits per heavy atom. The van der Waals surface area contributed by atoms with Crippen molar-refractivity contribution in [3.63, 3.8) is 0 Å². The maximum Gasteiger partial charge on any atom is 0.228 e. The Balaban J connectivity index is 1.90. The average molecular weight is 250 g/mol. The van der Waals surface area contributed by atoms with E-state index < -0.39 is 0 Å². The minimum Gasteiger partial charge on any atom is -0.302 e. The largest absolute Gasteiger partial charge is 0.302 e. The van der Waals surface area contributed by atoms with E-state index in [-0.39, 0.29) is 11.9 Å². The van der Waals surface area contributed by atoms with E-state index in [1.54, 1.807) is 10.9 Å². The van der Waals surface area contributed by atoms with Crippen LogP contribution in [0.3, 0.4) is 0 Å². The molecule has 6 heteroatoms. The summed E-state index contributed by atoms with van der Waals surface area (Å²) in [5, 5.41) is 9.51. The summed E-state index contributed by atoms with van der Waals surface area (Å²) in [6, 6.07) is 1.97. The SMILES string of the molecule is Cc1ccn([C@H](C)CC(=O)Nc2nccs2)n1. The Kier molecular flexibility index (Phi) is 3.53. The lowest BCUT2D eigenvalue weighted by molar-refractivity contribution is -0.116. The summed E-state index contributed by atoms with van der Waals surface area (Å²) in [5.74, 6) is -0.0411. The Morgan fingerprint density at radius 3 is 3.06 bits per heavy atom. The number of anilines is 1. The molecule has 0 aliphatic heterocycles. The predicted molar refractivity (Wildman–Crippen MR) is 67.0 cm³/mol. The topological polar surface area (TPSA) is 59.8 Å². The van der Waals surface area contributed by atoms with Crippen LogP contribution in [0.15, 0.2) is 23.8 Å². The molecule has 0 radical (unpaired) electrons. The molecule has 2 aromatic heterocycles. The fourth-order valence-corrected chi connectivity index (χ4v) is 2.04. The highest BCUT2D eigenvalue weighted by molar-refractivity contribution is 7.13. The number of carbonyl (C=O) groups excluding carboxylic acids is 1. The number of aryl methyl sites for hydroxylation is 1. The standard InChI is InChI=1S/C11H14N4OS/c1-8-3-5-15(14-8)9(2)7-10(16)13-11-12-4-6-17-11/h3-6,9H,7H2,1-2H3,(H,12,13,16)/t9-/m1/s1. The zero-order valence-electron chi connectivity index (χ0n) is 9.75. The number of nitrogens with one attached hydrogen (secondary N) is 1. The fourth-order valence-electron chi connectivity index (χ4n) is 1.50. The van der Waals surface area contributed by atoms with Gasteiger partial charge in [-0.2, -0.15) is 5.10 Å². The summed E-state index contributed by atoms with van der Waals surface area (Å²) in [6.07, 6.45) is 3.94. The van der Waals surface area contributed by atoms with Gasteiger partial charge in [-0.3, -0.25) is 9.48 Å². The van der Waals surface area contributed by atoms with Crippen LogP contribution in [0.1, 0.15) is 25.1 Å². The molecular weight excluding hydrogens is 236 g/mol. The Labute approximate surface area is 103 Å². The molecule has 0 aliphatic carbocycles. The number of thiazole rings is 1. The summed E-state index contributed by atoms with van der Waals surface area (Å²) in [6.45, 7) is 3.90. The molecule has 0 fully saturated rings. The van der Waals surface area contributed by atoms with Gasteiger partial charge >= 0.3 is 0 Å². The van der Waals surface area contributed by atoms with Crippen molar-refractivity contribution in [3.8, 4) is 0 Å². The summed E-state index contributed by atoms with van der Waals surface area (Å²) in [4.78, 5) is 15.7. The highest BCUT2D eigenvalue weighted by atomic mass is 32.1. The molecule has 1 amide bonds. The third kappa shape index (κ3) is 3.13. The van der Waals surface area contributed by atoms with E-state index in [1.807, 2.05) is 31.5 Å². The molecule has 0 aliphatic rings. The number of rotatable bonds is 4. The van der Waals surface area contributed by atoms with Gasteiger partial charge in [-0.15, -0.1) is 11.3 Å². The molecule has 0 saturated heterocycles. The van der Waals surface area contributed by atoms with Crippen molar-refractivity contribution in [1.82, 2.24) is 14.8 Å². The zero-order chi connectivity index (χ0) is 12.3. The van der Waals surface area contributed by atoms with E-state index in [0.29, 0.717) is 11.6 Å². The maximum absolute atomic E-state index is 11.7. The van der Waals surface area contributed by atoms with Crippen LogP contribution in [-0.4, -0.2) is 20.7 Å². The molecule has 0 unspecified atom stereocenters. The normalized spacial score (nSPS) is 12.4. The molecule has 0 aromatic carbocycles. The van der Waals surface area contributed by atoms with Crippen LogP contribution in [0, 0.1) is 6.92 Å². The molecule has 2 rings (SSSR count). The molecule has 17 heavy (non-hydrogen) atoms. The van der Waals surface area contributed by atoms with Crippen LogP contribution in [0.5, 0.6) is 0 Å². The maximum atomic E-state index is 11.7. The van der Waals surface area contributed by atoms with Crippen molar-refractivity contribution in [2.24, 2.45) is 0 Å². The third-order valence-electron chi connectivity index (χ3n) is 2.35. The number of hydrogen-bond donors (Lipinski definition) is 1. The molecule has 2 heterocycles. The molecule has 0 bridgehead atoms. The van der Waals surface area contributed by atoms with Crippen LogP contribution in [0.2, 0.25) is 0 Å². The van der Waals surface area contributed by atoms with Crippen LogP contribution >= 0.6 is 11.3 Å². The van der Waals surface area contributed by atoms with Crippen LogP contribution < -0.4 is 5.32 Å². The first-order valence-corrected chi connectivity index (χ1v) is 6.24. The van der Waals surface area contributed by atoms with Crippen molar-refractivity contribution < 1.29 is 4.79 Å². The van der Waals surface area contributed by atoms with Crippen molar-refractivity contribution in [2.45, 2.75) is 26.3 Å². The van der Waals surface area contributed by atoms with Gasteiger partial charge in [-0.1, -0.05) is 0 Å². The van der Waals surface area contributed by atoms with E-state index in [1.165, 1.54) is 11.3 Å². The van der Waals surface area contributed by atoms with E-state index in [0.717, 1.165) is 5.69 Å². The minimum absolute atomic E-state index is 0.0411. The molecule has 0 spiro atoms. The van der Waals surface area contributed by atoms with Crippen LogP contribution in [0.4, 0.5) is 5.13 Å². The molecule has 0 saturated carbocycles. The van der Waals surface area contributed by atoms with Crippen molar-refractivity contribution in [2.75, 3.05) is 5.32 Å². The van der Waals surface area contributed by atoms with E-state index in [9.17, 15) is 4.79 Å². The second-order valence-corrected chi connectivity index (χ2v) is 4.77. The van der Waals surface area contributed by atoms with E-state index >= 15 is 0 Å². The number of aromatic nitrogens is 3. The lowest BCUT2D eigenvalue weighted by Gasteiger charge is -2.11. The van der Waals surface area contributed by atoms with Gasteiger partial charge in [-0.25, -0.2) is 4.98 Å². The molecule has 90 valence electrons. The lowest BCUT2D eigenvalue weighted by Crippen LogP contribution is -2.17. The van der Waals surface area contributed by atoms with Crippen molar-refractivity contribution in [3.05, 3.63) is 29.5 Å². The Hall–Kier alpha value is -1.69. The summed E-state index contributed by atoms with van der Waals surface area (Å²) in [5.41, 5.74) is 0.956. The van der Waals surface area contributed by atoms with Gasteiger partial charge in [0, 0.05) is 24.2 Å². The third-order valence-corrected chi connectivity index (χ3v) is 3.04. The van der Waals surface area contributed by atoms with E-state index in [4.69, 9.17) is 0 Å². The number of hydrogen-bond acceptors (Lipinski definition) is 4. The molecule has 5 nitrogen and oxygen atoms in total. The molecule has 1 N–H and O–H groups in total. The van der Waals surface area contributed by atoms with Gasteiger partial charge in [0.15, 0.2) is 5.13 Å².